The van der Waals surface area contributed by atoms with Gasteiger partial charge in [0.2, 0.25) is 0 Å². The Bertz CT molecular complexity index is 257. The molecule has 7 heteroatoms. The molecule has 13 heavy (non-hydrogen) atoms. The third-order valence-corrected chi connectivity index (χ3v) is 1.07. The topological polar surface area (TPSA) is 61.4 Å². The van der Waals surface area contributed by atoms with Gasteiger partial charge >= 0.3 is 19.5 Å². The molecule has 6 nitrogen and oxygen atoms in total. The van der Waals surface area contributed by atoms with Crippen LogP contribution in [0.1, 0.15) is 0 Å². The first-order valence-corrected chi connectivity index (χ1v) is 3.36. The summed E-state index contributed by atoms with van der Waals surface area (Å²) in [4.78, 5) is 7.35. The second kappa shape index (κ2) is 6.42. The zero-order valence-electron chi connectivity index (χ0n) is 7.35. The van der Waals surface area contributed by atoms with Crippen molar-refractivity contribution in [2.75, 3.05) is 0 Å². The van der Waals surface area contributed by atoms with Crippen LogP contribution < -0.4 is 0 Å². The van der Waals surface area contributed by atoms with Crippen LogP contribution in [0.5, 0.6) is 0 Å². The summed E-state index contributed by atoms with van der Waals surface area (Å²) in [6.45, 7) is 0. The van der Waals surface area contributed by atoms with Crippen molar-refractivity contribution < 1.29 is 19.5 Å². The summed E-state index contributed by atoms with van der Waals surface area (Å²) in [5, 5.41) is 7.44. The molecule has 2 aromatic rings. The van der Waals surface area contributed by atoms with Crippen LogP contribution in [0.25, 0.3) is 0 Å². The molecule has 0 amide bonds. The van der Waals surface area contributed by atoms with E-state index in [2.05, 4.69) is 20.2 Å². The zero-order chi connectivity index (χ0) is 8.81. The van der Waals surface area contributed by atoms with Crippen LogP contribution in [-0.2, 0) is 33.6 Å². The molecule has 0 aliphatic heterocycles. The van der Waals surface area contributed by atoms with E-state index in [1.165, 1.54) is 12.7 Å². The molecule has 0 spiro atoms. The van der Waals surface area contributed by atoms with Crippen molar-refractivity contribution in [1.29, 1.82) is 0 Å². The zero-order valence-corrected chi connectivity index (χ0v) is 9.08. The molecule has 0 aliphatic carbocycles. The molecule has 2 rings (SSSR count). The van der Waals surface area contributed by atoms with Gasteiger partial charge < -0.3 is 0 Å². The second-order valence-corrected chi connectivity index (χ2v) is 2.14. The van der Waals surface area contributed by atoms with Gasteiger partial charge in [-0.05, 0) is 0 Å². The predicted octanol–water partition coefficient (Wildman–Crippen LogP) is -0.372. The van der Waals surface area contributed by atoms with Gasteiger partial charge in [-0.15, -0.1) is 0 Å². The van der Waals surface area contributed by atoms with Gasteiger partial charge in [-0.3, -0.25) is 9.36 Å². The first kappa shape index (κ1) is 11.9. The minimum atomic E-state index is 0. The third-order valence-electron chi connectivity index (χ3n) is 1.07. The molecule has 0 bridgehead atoms. The number of rotatable bonds is 0. The fourth-order valence-corrected chi connectivity index (χ4v) is 0.535. The maximum Gasteiger partial charge on any atom is 3.00 e. The number of aryl methyl sites for hydroxylation is 2. The fraction of sp³-hybridized carbons (Fsp3) is 0.333. The molecule has 69 valence electrons. The monoisotopic (exact) mass is 268 g/mol. The van der Waals surface area contributed by atoms with Crippen LogP contribution in [0.2, 0.25) is 0 Å². The van der Waals surface area contributed by atoms with Crippen molar-refractivity contribution in [3.05, 3.63) is 25.3 Å². The van der Waals surface area contributed by atoms with E-state index in [9.17, 15) is 0 Å². The summed E-state index contributed by atoms with van der Waals surface area (Å²) < 4.78 is 3.28. The summed E-state index contributed by atoms with van der Waals surface area (Å²) in [5.74, 6) is 0. The number of aromatic nitrogens is 6. The molecule has 1 radical (unpaired) electrons. The summed E-state index contributed by atoms with van der Waals surface area (Å²) in [6.07, 6.45) is 6.28. The molecule has 2 heterocycles. The molecule has 0 N–H and O–H groups in total. The predicted molar refractivity (Wildman–Crippen MR) is 42.0 cm³/mol. The summed E-state index contributed by atoms with van der Waals surface area (Å²) in [6, 6.07) is 0. The normalized spacial score (nSPS) is 8.15. The Morgan fingerprint density at radius 1 is 0.846 bits per heavy atom. The standard InChI is InChI=1S/2C3H5N3.Ru/c2*1-6-3-4-2-5-6;/h2*2-3H,1H3;/q;;+3. The largest absolute Gasteiger partial charge is 3.00 e. The van der Waals surface area contributed by atoms with Gasteiger partial charge in [0.25, 0.3) is 0 Å². The smallest absolute Gasteiger partial charge is 0.256 e. The van der Waals surface area contributed by atoms with Gasteiger partial charge in [0.1, 0.15) is 25.3 Å². The molecule has 0 saturated heterocycles. The first-order chi connectivity index (χ1) is 5.79. The molecule has 2 aromatic heterocycles. The fourth-order valence-electron chi connectivity index (χ4n) is 0.535. The first-order valence-electron chi connectivity index (χ1n) is 3.36. The Hall–Kier alpha value is -1.10. The summed E-state index contributed by atoms with van der Waals surface area (Å²) in [7, 11) is 3.65. The van der Waals surface area contributed by atoms with Crippen LogP contribution in [0.3, 0.4) is 0 Å². The van der Waals surface area contributed by atoms with Crippen molar-refractivity contribution in [1.82, 2.24) is 29.5 Å². The van der Waals surface area contributed by atoms with Gasteiger partial charge in [-0.25, -0.2) is 9.97 Å². The van der Waals surface area contributed by atoms with E-state index in [1.807, 2.05) is 14.1 Å². The van der Waals surface area contributed by atoms with Crippen LogP contribution in [0, 0.1) is 0 Å². The maximum atomic E-state index is 3.72. The maximum absolute atomic E-state index is 3.72. The van der Waals surface area contributed by atoms with Gasteiger partial charge in [-0.2, -0.15) is 10.2 Å². The van der Waals surface area contributed by atoms with Crippen LogP contribution in [-0.4, -0.2) is 29.5 Å². The van der Waals surface area contributed by atoms with E-state index < -0.39 is 0 Å². The molecule has 0 fully saturated rings. The van der Waals surface area contributed by atoms with E-state index in [1.54, 1.807) is 22.0 Å². The number of nitrogens with zero attached hydrogens (tertiary/aromatic N) is 6. The Morgan fingerprint density at radius 3 is 1.31 bits per heavy atom. The summed E-state index contributed by atoms with van der Waals surface area (Å²) >= 11 is 0. The van der Waals surface area contributed by atoms with Crippen molar-refractivity contribution in [3.63, 3.8) is 0 Å². The van der Waals surface area contributed by atoms with Crippen molar-refractivity contribution >= 4 is 0 Å². The van der Waals surface area contributed by atoms with E-state index >= 15 is 0 Å². The molecule has 0 saturated carbocycles. The Morgan fingerprint density at radius 2 is 1.23 bits per heavy atom. The van der Waals surface area contributed by atoms with Crippen LogP contribution in [0.15, 0.2) is 25.3 Å². The SMILES string of the molecule is Cn1cncn1.Cn1cncn1.[Ru+3]. The quantitative estimate of drug-likeness (QED) is 0.611. The minimum absolute atomic E-state index is 0. The molecule has 0 aliphatic rings. The molecular formula is C6H10N6Ru+3. The van der Waals surface area contributed by atoms with Crippen molar-refractivity contribution in [2.24, 2.45) is 14.1 Å². The van der Waals surface area contributed by atoms with Gasteiger partial charge in [-0.1, -0.05) is 0 Å². The Labute approximate surface area is 88.8 Å². The van der Waals surface area contributed by atoms with Gasteiger partial charge in [0, 0.05) is 14.1 Å². The van der Waals surface area contributed by atoms with E-state index in [4.69, 9.17) is 0 Å². The average molecular weight is 267 g/mol. The molecule has 0 atom stereocenters. The van der Waals surface area contributed by atoms with E-state index in [0.717, 1.165) is 0 Å². The number of hydrogen-bond acceptors (Lipinski definition) is 4. The number of hydrogen-bond donors (Lipinski definition) is 0. The van der Waals surface area contributed by atoms with Crippen LogP contribution in [0.4, 0.5) is 0 Å². The van der Waals surface area contributed by atoms with Crippen LogP contribution >= 0.6 is 0 Å². The summed E-state index contributed by atoms with van der Waals surface area (Å²) in [5.41, 5.74) is 0. The molecule has 0 aromatic carbocycles. The Balaban J connectivity index is 0.000000206. The molecular weight excluding hydrogens is 257 g/mol. The van der Waals surface area contributed by atoms with Crippen molar-refractivity contribution in [3.8, 4) is 0 Å². The molecule has 0 unspecified atom stereocenters. The van der Waals surface area contributed by atoms with E-state index in [-0.39, 0.29) is 19.5 Å². The van der Waals surface area contributed by atoms with Gasteiger partial charge in [0.15, 0.2) is 0 Å². The Kier molecular flexibility index (Phi) is 5.88. The van der Waals surface area contributed by atoms with E-state index in [0.29, 0.717) is 0 Å². The minimum Gasteiger partial charge on any atom is -0.256 e. The van der Waals surface area contributed by atoms with Gasteiger partial charge in [0.05, 0.1) is 0 Å². The average Bonchev–Trinajstić information content (AvgIpc) is 2.63. The second-order valence-electron chi connectivity index (χ2n) is 2.14. The third kappa shape index (κ3) is 5.19. The van der Waals surface area contributed by atoms with Crippen molar-refractivity contribution in [2.45, 2.75) is 0 Å².